The predicted molar refractivity (Wildman–Crippen MR) is 300 cm³/mol. The van der Waals surface area contributed by atoms with Crippen molar-refractivity contribution in [2.45, 2.75) is 31.6 Å². The minimum Gasteiger partial charge on any atom is -0.455 e. The highest BCUT2D eigenvalue weighted by atomic mass is 16.3. The molecular formula is C70H47NO. The van der Waals surface area contributed by atoms with Crippen LogP contribution in [0.5, 0.6) is 0 Å². The lowest BCUT2D eigenvalue weighted by Gasteiger charge is -2.26. The molecule has 12 aromatic rings. The van der Waals surface area contributed by atoms with Crippen LogP contribution in [0, 0.1) is 0 Å². The second kappa shape index (κ2) is 16.4. The molecule has 0 bridgehead atoms. The minimum atomic E-state index is -0.754. The number of hydrogen-bond acceptors (Lipinski definition) is 2. The number of furan rings is 1. The van der Waals surface area contributed by atoms with Gasteiger partial charge in [0.2, 0.25) is 0 Å². The van der Waals surface area contributed by atoms with Crippen molar-refractivity contribution in [3.05, 3.63) is 236 Å². The SMILES string of the molecule is [2H]C1(c2c(-c3ccc4c(c3)-c3ccccc3-c3ccccc3-c3cc(-c5cccc6c5oc5ccccc56)ccc3-4)cccc2-c2ccc3c(c2)-c2ccccc2-c2ccccc2-c2ncccc2-3)CCCC1. The number of nitrogens with zero attached hydrogens (tertiary/aromatic N) is 1. The van der Waals surface area contributed by atoms with Crippen LogP contribution in [-0.2, 0) is 0 Å². The fourth-order valence-corrected chi connectivity index (χ4v) is 12.6. The van der Waals surface area contributed by atoms with E-state index >= 15 is 0 Å². The van der Waals surface area contributed by atoms with E-state index in [0.29, 0.717) is 0 Å². The summed E-state index contributed by atoms with van der Waals surface area (Å²) in [5, 5.41) is 2.25. The Bertz CT molecular complexity index is 4240. The van der Waals surface area contributed by atoms with Crippen LogP contribution in [-0.4, -0.2) is 4.98 Å². The Hall–Kier alpha value is -8.85. The quantitative estimate of drug-likeness (QED) is 0.176. The minimum absolute atomic E-state index is 0.754. The molecule has 0 N–H and O–H groups in total. The Morgan fingerprint density at radius 1 is 0.333 bits per heavy atom. The highest BCUT2D eigenvalue weighted by Crippen LogP contribution is 2.53. The van der Waals surface area contributed by atoms with Crippen LogP contribution >= 0.6 is 0 Å². The van der Waals surface area contributed by atoms with Crippen LogP contribution in [0.1, 0.15) is 38.5 Å². The van der Waals surface area contributed by atoms with E-state index < -0.39 is 5.89 Å². The lowest BCUT2D eigenvalue weighted by Crippen LogP contribution is -2.02. The summed E-state index contributed by atoms with van der Waals surface area (Å²) in [6, 6.07) is 82.2. The van der Waals surface area contributed by atoms with Gasteiger partial charge in [-0.2, -0.15) is 0 Å². The Morgan fingerprint density at radius 2 is 0.722 bits per heavy atom. The van der Waals surface area contributed by atoms with Crippen LogP contribution in [0.4, 0.5) is 0 Å². The molecule has 0 atom stereocenters. The molecule has 0 radical (unpaired) electrons. The van der Waals surface area contributed by atoms with E-state index in [-0.39, 0.29) is 0 Å². The second-order valence-corrected chi connectivity index (χ2v) is 19.7. The van der Waals surface area contributed by atoms with Crippen LogP contribution in [0.15, 0.2) is 235 Å². The normalized spacial score (nSPS) is 13.9. The lowest BCUT2D eigenvalue weighted by atomic mass is 9.78. The Kier molecular flexibility index (Phi) is 9.08. The van der Waals surface area contributed by atoms with E-state index in [2.05, 4.69) is 218 Å². The van der Waals surface area contributed by atoms with Crippen LogP contribution < -0.4 is 0 Å². The van der Waals surface area contributed by atoms with E-state index in [0.717, 1.165) is 109 Å². The summed E-state index contributed by atoms with van der Waals surface area (Å²) in [5.41, 5.74) is 28.3. The van der Waals surface area contributed by atoms with Crippen LogP contribution in [0.3, 0.4) is 0 Å². The van der Waals surface area contributed by atoms with Crippen molar-refractivity contribution in [1.29, 1.82) is 0 Å². The first kappa shape index (κ1) is 39.9. The first-order chi connectivity index (χ1) is 36.1. The summed E-state index contributed by atoms with van der Waals surface area (Å²) < 4.78 is 17.1. The summed E-state index contributed by atoms with van der Waals surface area (Å²) in [4.78, 5) is 5.02. The van der Waals surface area contributed by atoms with Crippen LogP contribution in [0.25, 0.3) is 144 Å². The van der Waals surface area contributed by atoms with Crippen molar-refractivity contribution in [2.75, 3.05) is 0 Å². The highest BCUT2D eigenvalue weighted by molar-refractivity contribution is 6.11. The first-order valence-corrected chi connectivity index (χ1v) is 25.4. The average Bonchev–Trinajstić information content (AvgIpc) is 4.08. The van der Waals surface area contributed by atoms with Gasteiger partial charge in [0.05, 0.1) is 5.69 Å². The number of hydrogen-bond donors (Lipinski definition) is 0. The number of aromatic nitrogens is 1. The summed E-state index contributed by atoms with van der Waals surface area (Å²) >= 11 is 0. The van der Waals surface area contributed by atoms with Gasteiger partial charge in [-0.1, -0.05) is 207 Å². The van der Waals surface area contributed by atoms with Crippen LogP contribution in [0.2, 0.25) is 0 Å². The Balaban J connectivity index is 0.934. The van der Waals surface area contributed by atoms with Gasteiger partial charge in [-0.25, -0.2) is 0 Å². The van der Waals surface area contributed by atoms with Crippen molar-refractivity contribution in [3.8, 4) is 123 Å². The fourth-order valence-electron chi connectivity index (χ4n) is 12.6. The number of benzene rings is 10. The Labute approximate surface area is 421 Å². The zero-order valence-electron chi connectivity index (χ0n) is 40.6. The van der Waals surface area contributed by atoms with E-state index in [4.69, 9.17) is 9.40 Å². The molecule has 0 unspecified atom stereocenters. The molecule has 15 rings (SSSR count). The van der Waals surface area contributed by atoms with Crippen molar-refractivity contribution < 1.29 is 5.79 Å². The molecule has 3 aliphatic rings. The molecule has 0 aliphatic heterocycles. The fraction of sp³-hybridized carbons (Fsp3) is 0.0714. The Morgan fingerprint density at radius 3 is 1.29 bits per heavy atom. The molecule has 338 valence electrons. The predicted octanol–water partition coefficient (Wildman–Crippen LogP) is 19.6. The summed E-state index contributed by atoms with van der Waals surface area (Å²) in [5.74, 6) is -0.754. The summed E-state index contributed by atoms with van der Waals surface area (Å²) in [7, 11) is 0. The van der Waals surface area contributed by atoms with Gasteiger partial charge >= 0.3 is 0 Å². The zero-order valence-corrected chi connectivity index (χ0v) is 39.6. The molecule has 10 aromatic carbocycles. The van der Waals surface area contributed by atoms with Gasteiger partial charge in [0.1, 0.15) is 11.2 Å². The van der Waals surface area contributed by atoms with Crippen molar-refractivity contribution in [1.82, 2.24) is 4.98 Å². The third-order valence-electron chi connectivity index (χ3n) is 15.8. The van der Waals surface area contributed by atoms with Gasteiger partial charge < -0.3 is 4.42 Å². The third kappa shape index (κ3) is 6.32. The zero-order chi connectivity index (χ0) is 48.2. The van der Waals surface area contributed by atoms with Crippen molar-refractivity contribution >= 4 is 21.9 Å². The maximum Gasteiger partial charge on any atom is 0.143 e. The molecule has 3 aliphatic carbocycles. The van der Waals surface area contributed by atoms with Gasteiger partial charge in [-0.3, -0.25) is 4.98 Å². The molecule has 2 aromatic heterocycles. The molecule has 1 saturated carbocycles. The first-order valence-electron chi connectivity index (χ1n) is 25.9. The van der Waals surface area contributed by atoms with Gasteiger partial charge in [0.15, 0.2) is 0 Å². The maximum atomic E-state index is 10.5. The highest BCUT2D eigenvalue weighted by Gasteiger charge is 2.29. The van der Waals surface area contributed by atoms with E-state index in [1.54, 1.807) is 0 Å². The molecule has 0 saturated heterocycles. The average molecular weight is 919 g/mol. The monoisotopic (exact) mass is 918 g/mol. The molecule has 2 heteroatoms. The maximum absolute atomic E-state index is 10.5. The lowest BCUT2D eigenvalue weighted by molar-refractivity contribution is 0.670. The third-order valence-corrected chi connectivity index (χ3v) is 15.8. The summed E-state index contributed by atoms with van der Waals surface area (Å²) in [6.45, 7) is 0. The van der Waals surface area contributed by atoms with Gasteiger partial charge in [-0.05, 0) is 155 Å². The number of para-hydroxylation sites is 2. The molecule has 0 amide bonds. The largest absolute Gasteiger partial charge is 0.455 e. The van der Waals surface area contributed by atoms with E-state index in [1.165, 1.54) is 66.8 Å². The van der Waals surface area contributed by atoms with Gasteiger partial charge in [-0.15, -0.1) is 0 Å². The smallest absolute Gasteiger partial charge is 0.143 e. The molecule has 1 fully saturated rings. The number of rotatable bonds is 4. The molecule has 0 spiro atoms. The van der Waals surface area contributed by atoms with Crippen molar-refractivity contribution in [3.63, 3.8) is 0 Å². The number of fused-ring (bicyclic) bond motifs is 19. The van der Waals surface area contributed by atoms with Crippen molar-refractivity contribution in [2.24, 2.45) is 0 Å². The topological polar surface area (TPSA) is 26.0 Å². The standard InChI is InChI=1S/C70H47NO/c1-2-17-43(16-1)68-47(27-13-28-48(68)45-34-38-59-62-31-15-39-71-69(62)61-26-10-9-21-53(61)52-20-5-8-24-56(52)66(59)41-45)44-33-36-57-58-37-35-46(49-29-14-30-63-60-25-11-12-32-67(60)72-70(49)63)42-65(58)55-23-7-4-19-51(55)50-18-3-6-22-54(50)64(57)40-44/h3-15,18-43H,1-2,16-17H2/i43D. The summed E-state index contributed by atoms with van der Waals surface area (Å²) in [6.07, 6.45) is 5.63. The second-order valence-electron chi connectivity index (χ2n) is 19.7. The molecular weight excluding hydrogens is 871 g/mol. The number of pyridine rings is 1. The van der Waals surface area contributed by atoms with E-state index in [9.17, 15) is 1.37 Å². The van der Waals surface area contributed by atoms with E-state index in [1.807, 2.05) is 12.3 Å². The van der Waals surface area contributed by atoms with Gasteiger partial charge in [0, 0.05) is 35.0 Å². The molecule has 72 heavy (non-hydrogen) atoms. The molecule has 2 heterocycles. The molecule has 2 nitrogen and oxygen atoms in total. The van der Waals surface area contributed by atoms with Gasteiger partial charge in [0.25, 0.3) is 0 Å².